The van der Waals surface area contributed by atoms with Crippen LogP contribution in [0.4, 0.5) is 0 Å². The van der Waals surface area contributed by atoms with Crippen LogP contribution in [0.25, 0.3) is 0 Å². The van der Waals surface area contributed by atoms with Crippen LogP contribution in [0, 0.1) is 0 Å². The number of methoxy groups -OCH3 is 1. The van der Waals surface area contributed by atoms with Crippen LogP contribution in [0.1, 0.15) is 0 Å². The zero-order chi connectivity index (χ0) is 8.81. The van der Waals surface area contributed by atoms with Gasteiger partial charge in [0.15, 0.2) is 5.71 Å². The standard InChI is InChI=1S/C8H8N2O2/c1-12-8(11)7-6-9-4-2-3-5-10-7/h2-6H,1H3. The first-order chi connectivity index (χ1) is 5.84. The molecule has 0 bridgehead atoms. The largest absolute Gasteiger partial charge is 0.464 e. The zero-order valence-electron chi connectivity index (χ0n) is 6.60. The number of rotatable bonds is 1. The monoisotopic (exact) mass is 164 g/mol. The summed E-state index contributed by atoms with van der Waals surface area (Å²) in [5.74, 6) is -0.487. The highest BCUT2D eigenvalue weighted by molar-refractivity contribution is 6.59. The fourth-order valence-corrected chi connectivity index (χ4v) is 0.629. The Kier molecular flexibility index (Phi) is 2.95. The lowest BCUT2D eigenvalue weighted by Gasteiger charge is -1.96. The molecule has 0 saturated carbocycles. The van der Waals surface area contributed by atoms with Crippen LogP contribution >= 0.6 is 0 Å². The van der Waals surface area contributed by atoms with Gasteiger partial charge in [-0.1, -0.05) is 0 Å². The first kappa shape index (κ1) is 8.39. The molecule has 0 unspecified atom stereocenters. The van der Waals surface area contributed by atoms with Crippen molar-refractivity contribution in [1.29, 1.82) is 0 Å². The number of aliphatic imine (C=N–C) groups is 2. The molecule has 0 aromatic rings. The topological polar surface area (TPSA) is 51.0 Å². The van der Waals surface area contributed by atoms with E-state index in [0.717, 1.165) is 0 Å². The van der Waals surface area contributed by atoms with Crippen LogP contribution in [0.2, 0.25) is 0 Å². The summed E-state index contributed by atoms with van der Waals surface area (Å²) in [7, 11) is 1.30. The van der Waals surface area contributed by atoms with Crippen LogP contribution in [0.15, 0.2) is 34.5 Å². The van der Waals surface area contributed by atoms with Gasteiger partial charge < -0.3 is 4.74 Å². The molecule has 1 aliphatic heterocycles. The van der Waals surface area contributed by atoms with Gasteiger partial charge in [0.1, 0.15) is 0 Å². The Morgan fingerprint density at radius 1 is 1.42 bits per heavy atom. The molecule has 0 aliphatic carbocycles. The Balaban J connectivity index is 2.82. The molecule has 0 spiro atoms. The van der Waals surface area contributed by atoms with Gasteiger partial charge in [-0.05, 0) is 12.2 Å². The van der Waals surface area contributed by atoms with Crippen molar-refractivity contribution < 1.29 is 9.53 Å². The third kappa shape index (κ3) is 2.16. The molecule has 0 amide bonds. The summed E-state index contributed by atoms with van der Waals surface area (Å²) in [5, 5.41) is 0. The van der Waals surface area contributed by atoms with Gasteiger partial charge in [-0.25, -0.2) is 9.79 Å². The Labute approximate surface area is 70.0 Å². The van der Waals surface area contributed by atoms with Gasteiger partial charge in [0, 0.05) is 12.4 Å². The number of ether oxygens (including phenoxy) is 1. The first-order valence-electron chi connectivity index (χ1n) is 3.35. The van der Waals surface area contributed by atoms with E-state index in [2.05, 4.69) is 14.7 Å². The van der Waals surface area contributed by atoms with Gasteiger partial charge in [0.05, 0.1) is 13.3 Å². The van der Waals surface area contributed by atoms with E-state index < -0.39 is 5.97 Å². The lowest BCUT2D eigenvalue weighted by atomic mass is 10.4. The quantitative estimate of drug-likeness (QED) is 0.536. The molecule has 0 N–H and O–H groups in total. The molecule has 0 saturated heterocycles. The number of nitrogens with zero attached hydrogens (tertiary/aromatic N) is 2. The fourth-order valence-electron chi connectivity index (χ4n) is 0.629. The second kappa shape index (κ2) is 4.23. The summed E-state index contributed by atoms with van der Waals surface area (Å²) in [6.07, 6.45) is 7.82. The van der Waals surface area contributed by atoms with E-state index in [1.54, 1.807) is 18.4 Å². The van der Waals surface area contributed by atoms with E-state index in [1.165, 1.54) is 19.5 Å². The van der Waals surface area contributed by atoms with Crippen molar-refractivity contribution in [3.05, 3.63) is 24.6 Å². The lowest BCUT2D eigenvalue weighted by molar-refractivity contribution is -0.132. The Morgan fingerprint density at radius 3 is 2.92 bits per heavy atom. The highest BCUT2D eigenvalue weighted by Gasteiger charge is 2.07. The first-order valence-corrected chi connectivity index (χ1v) is 3.35. The highest BCUT2D eigenvalue weighted by atomic mass is 16.5. The van der Waals surface area contributed by atoms with E-state index in [1.807, 2.05) is 0 Å². The Bertz CT molecular complexity index is 287. The molecule has 0 fully saturated rings. The molecule has 0 aromatic heterocycles. The van der Waals surface area contributed by atoms with Crippen molar-refractivity contribution in [1.82, 2.24) is 0 Å². The third-order valence-corrected chi connectivity index (χ3v) is 1.17. The van der Waals surface area contributed by atoms with Gasteiger partial charge in [0.25, 0.3) is 0 Å². The number of hydrogen-bond donors (Lipinski definition) is 0. The summed E-state index contributed by atoms with van der Waals surface area (Å²) >= 11 is 0. The van der Waals surface area contributed by atoms with Gasteiger partial charge in [-0.3, -0.25) is 4.99 Å². The predicted molar refractivity (Wildman–Crippen MR) is 46.2 cm³/mol. The van der Waals surface area contributed by atoms with Crippen molar-refractivity contribution in [2.45, 2.75) is 0 Å². The molecule has 0 radical (unpaired) electrons. The minimum Gasteiger partial charge on any atom is -0.464 e. The van der Waals surface area contributed by atoms with Gasteiger partial charge >= 0.3 is 5.97 Å². The molecule has 62 valence electrons. The van der Waals surface area contributed by atoms with Gasteiger partial charge in [-0.2, -0.15) is 0 Å². The van der Waals surface area contributed by atoms with Crippen LogP contribution in [0.5, 0.6) is 0 Å². The number of esters is 1. The van der Waals surface area contributed by atoms with Crippen molar-refractivity contribution in [2.24, 2.45) is 9.98 Å². The van der Waals surface area contributed by atoms with Gasteiger partial charge in [-0.15, -0.1) is 0 Å². The summed E-state index contributed by atoms with van der Waals surface area (Å²) in [4.78, 5) is 18.5. The second-order valence-corrected chi connectivity index (χ2v) is 1.97. The van der Waals surface area contributed by atoms with Gasteiger partial charge in [0.2, 0.25) is 0 Å². The van der Waals surface area contributed by atoms with Crippen molar-refractivity contribution >= 4 is 17.9 Å². The van der Waals surface area contributed by atoms with Crippen molar-refractivity contribution in [2.75, 3.05) is 7.11 Å². The number of carbonyl (C=O) groups is 1. The molecule has 0 aromatic carbocycles. The maximum atomic E-state index is 10.9. The normalized spacial score (nSPS) is 14.9. The summed E-state index contributed by atoms with van der Waals surface area (Å²) in [6.45, 7) is 0. The summed E-state index contributed by atoms with van der Waals surface area (Å²) in [5.41, 5.74) is 0.193. The second-order valence-electron chi connectivity index (χ2n) is 1.97. The van der Waals surface area contributed by atoms with Crippen molar-refractivity contribution in [3.63, 3.8) is 0 Å². The minimum absolute atomic E-state index is 0.193. The molecular formula is C8H8N2O2. The van der Waals surface area contributed by atoms with Crippen molar-refractivity contribution in [3.8, 4) is 0 Å². The number of hydrogen-bond acceptors (Lipinski definition) is 4. The fraction of sp³-hybridized carbons (Fsp3) is 0.125. The van der Waals surface area contributed by atoms with E-state index in [9.17, 15) is 4.79 Å². The van der Waals surface area contributed by atoms with E-state index in [0.29, 0.717) is 0 Å². The maximum Gasteiger partial charge on any atom is 0.358 e. The number of allylic oxidation sites excluding steroid dienone is 2. The van der Waals surface area contributed by atoms with Crippen LogP contribution in [-0.2, 0) is 9.53 Å². The lowest BCUT2D eigenvalue weighted by Crippen LogP contribution is -2.16. The Hall–Kier alpha value is -1.71. The van der Waals surface area contributed by atoms with Crippen LogP contribution in [-0.4, -0.2) is 25.0 Å². The van der Waals surface area contributed by atoms with Crippen LogP contribution in [0.3, 0.4) is 0 Å². The molecule has 12 heavy (non-hydrogen) atoms. The molecule has 1 aliphatic rings. The molecule has 1 heterocycles. The molecular weight excluding hydrogens is 156 g/mol. The minimum atomic E-state index is -0.487. The average Bonchev–Trinajstić information content (AvgIpc) is 2.02. The molecule has 1 rings (SSSR count). The summed E-state index contributed by atoms with van der Waals surface area (Å²) < 4.78 is 4.47. The van der Waals surface area contributed by atoms with E-state index in [4.69, 9.17) is 0 Å². The number of carbonyl (C=O) groups excluding carboxylic acids is 1. The van der Waals surface area contributed by atoms with Crippen LogP contribution < -0.4 is 0 Å². The molecule has 0 atom stereocenters. The average molecular weight is 164 g/mol. The maximum absolute atomic E-state index is 10.9. The zero-order valence-corrected chi connectivity index (χ0v) is 6.60. The SMILES string of the molecule is COC(=O)C1=NC=CC=CN=C1. The highest BCUT2D eigenvalue weighted by Crippen LogP contribution is 1.89. The third-order valence-electron chi connectivity index (χ3n) is 1.17. The smallest absolute Gasteiger partial charge is 0.358 e. The predicted octanol–water partition coefficient (Wildman–Crippen LogP) is 0.712. The van der Waals surface area contributed by atoms with E-state index in [-0.39, 0.29) is 5.71 Å². The molecule has 4 nitrogen and oxygen atoms in total. The summed E-state index contributed by atoms with van der Waals surface area (Å²) in [6, 6.07) is 0. The molecule has 4 heteroatoms. The van der Waals surface area contributed by atoms with E-state index >= 15 is 0 Å². The Morgan fingerprint density at radius 2 is 2.17 bits per heavy atom.